The number of phenols is 1. The van der Waals surface area contributed by atoms with Crippen LogP contribution in [0.25, 0.3) is 16.6 Å². The summed E-state index contributed by atoms with van der Waals surface area (Å²) in [5, 5.41) is 17.2. The monoisotopic (exact) mass is 394 g/mol. The number of phenolic OH excluding ortho intramolecular Hbond substituents is 1. The summed E-state index contributed by atoms with van der Waals surface area (Å²) < 4.78 is 15.7. The van der Waals surface area contributed by atoms with Crippen LogP contribution in [0.1, 0.15) is 5.69 Å². The summed E-state index contributed by atoms with van der Waals surface area (Å²) in [5.41, 5.74) is 9.85. The van der Waals surface area contributed by atoms with Gasteiger partial charge in [0.05, 0.1) is 24.9 Å². The number of nitrogens with zero attached hydrogens (tertiary/aromatic N) is 2. The second-order valence-corrected chi connectivity index (χ2v) is 6.06. The number of aromatic nitrogens is 1. The number of rotatable bonds is 9. The minimum atomic E-state index is 0.0502. The van der Waals surface area contributed by atoms with E-state index >= 15 is 0 Å². The Bertz CT molecular complexity index is 1040. The first-order valence-electron chi connectivity index (χ1n) is 8.88. The Labute approximate surface area is 168 Å². The van der Waals surface area contributed by atoms with Gasteiger partial charge in [-0.2, -0.15) is 5.11 Å². The molecule has 0 aliphatic carbocycles. The lowest BCUT2D eigenvalue weighted by Gasteiger charge is -2.08. The zero-order valence-electron chi connectivity index (χ0n) is 16.2. The lowest BCUT2D eigenvalue weighted by Crippen LogP contribution is -2.04. The predicted octanol–water partition coefficient (Wildman–Crippen LogP) is 4.42. The summed E-state index contributed by atoms with van der Waals surface area (Å²) in [4.78, 5) is 4.58. The van der Waals surface area contributed by atoms with E-state index in [1.807, 2.05) is 24.3 Å². The molecular formula is C21H22N4O4. The number of ether oxygens (including phenoxy) is 3. The fraction of sp³-hybridized carbons (Fsp3) is 0.190. The molecule has 8 nitrogen and oxygen atoms in total. The third-order valence-electron chi connectivity index (χ3n) is 4.16. The lowest BCUT2D eigenvalue weighted by molar-refractivity contribution is 0.146. The Morgan fingerprint density at radius 3 is 2.76 bits per heavy atom. The van der Waals surface area contributed by atoms with Crippen molar-refractivity contribution in [1.82, 2.24) is 4.98 Å². The van der Waals surface area contributed by atoms with Crippen LogP contribution in [0.5, 0.6) is 17.2 Å². The molecule has 2 aromatic carbocycles. The van der Waals surface area contributed by atoms with Crippen molar-refractivity contribution in [2.75, 3.05) is 32.8 Å². The zero-order valence-corrected chi connectivity index (χ0v) is 16.2. The molecule has 1 heterocycles. The predicted molar refractivity (Wildman–Crippen MR) is 111 cm³/mol. The molecule has 8 heteroatoms. The highest BCUT2D eigenvalue weighted by Crippen LogP contribution is 2.29. The number of benzene rings is 2. The Hall–Kier alpha value is -3.65. The SMILES string of the molecule is COCCOc1ccc2nc(/C(=C/Nc3ccc(O)c(OC)c3)N=N)ccc2c1. The first-order valence-corrected chi connectivity index (χ1v) is 8.88. The van der Waals surface area contributed by atoms with Gasteiger partial charge in [-0.25, -0.2) is 10.5 Å². The van der Waals surface area contributed by atoms with E-state index in [1.54, 1.807) is 31.5 Å². The Morgan fingerprint density at radius 1 is 1.14 bits per heavy atom. The minimum absolute atomic E-state index is 0.0502. The molecule has 0 bridgehead atoms. The summed E-state index contributed by atoms with van der Waals surface area (Å²) in [6, 6.07) is 14.2. The largest absolute Gasteiger partial charge is 0.504 e. The molecule has 0 saturated carbocycles. The second kappa shape index (κ2) is 9.52. The highest BCUT2D eigenvalue weighted by Gasteiger charge is 2.07. The van der Waals surface area contributed by atoms with E-state index < -0.39 is 0 Å². The third-order valence-corrected chi connectivity index (χ3v) is 4.16. The fourth-order valence-electron chi connectivity index (χ4n) is 2.66. The lowest BCUT2D eigenvalue weighted by atomic mass is 10.1. The molecule has 0 unspecified atom stereocenters. The maximum absolute atomic E-state index is 9.68. The van der Waals surface area contributed by atoms with E-state index in [1.165, 1.54) is 13.2 Å². The van der Waals surface area contributed by atoms with Crippen molar-refractivity contribution in [1.29, 1.82) is 5.53 Å². The van der Waals surface area contributed by atoms with Crippen LogP contribution in [-0.4, -0.2) is 37.5 Å². The molecule has 0 aliphatic heterocycles. The van der Waals surface area contributed by atoms with Gasteiger partial charge in [0.1, 0.15) is 18.1 Å². The van der Waals surface area contributed by atoms with Gasteiger partial charge in [-0.3, -0.25) is 0 Å². The van der Waals surface area contributed by atoms with E-state index in [4.69, 9.17) is 19.7 Å². The van der Waals surface area contributed by atoms with Gasteiger partial charge < -0.3 is 24.6 Å². The summed E-state index contributed by atoms with van der Waals surface area (Å²) >= 11 is 0. The third kappa shape index (κ3) is 4.99. The fourth-order valence-corrected chi connectivity index (χ4v) is 2.66. The Morgan fingerprint density at radius 2 is 2.00 bits per heavy atom. The number of methoxy groups -OCH3 is 2. The average Bonchev–Trinajstić information content (AvgIpc) is 2.75. The molecule has 0 saturated heterocycles. The number of aromatic hydroxyl groups is 1. The minimum Gasteiger partial charge on any atom is -0.504 e. The maximum Gasteiger partial charge on any atom is 0.162 e. The molecular weight excluding hydrogens is 372 g/mol. The molecule has 3 rings (SSSR count). The van der Waals surface area contributed by atoms with Gasteiger partial charge in [0.25, 0.3) is 0 Å². The van der Waals surface area contributed by atoms with E-state index in [9.17, 15) is 5.11 Å². The van der Waals surface area contributed by atoms with Crippen LogP contribution in [0.15, 0.2) is 59.8 Å². The highest BCUT2D eigenvalue weighted by atomic mass is 16.5. The molecule has 0 fully saturated rings. The van der Waals surface area contributed by atoms with E-state index in [0.29, 0.717) is 36.0 Å². The summed E-state index contributed by atoms with van der Waals surface area (Å²) in [7, 11) is 3.11. The number of nitrogens with one attached hydrogen (secondary N) is 2. The first-order chi connectivity index (χ1) is 14.1. The van der Waals surface area contributed by atoms with Crippen LogP contribution in [0, 0.1) is 5.53 Å². The van der Waals surface area contributed by atoms with Crippen molar-refractivity contribution in [3.8, 4) is 17.2 Å². The Balaban J connectivity index is 1.80. The molecule has 0 aliphatic rings. The van der Waals surface area contributed by atoms with Crippen LogP contribution in [-0.2, 0) is 4.74 Å². The van der Waals surface area contributed by atoms with Crippen LogP contribution in [0.3, 0.4) is 0 Å². The van der Waals surface area contributed by atoms with Crippen LogP contribution >= 0.6 is 0 Å². The molecule has 0 atom stereocenters. The molecule has 3 N–H and O–H groups in total. The molecule has 3 aromatic rings. The maximum atomic E-state index is 9.68. The van der Waals surface area contributed by atoms with Crippen molar-refractivity contribution < 1.29 is 19.3 Å². The standard InChI is InChI=1S/C21H22N4O4/c1-27-9-10-29-16-5-7-17-14(11-16)3-6-18(24-17)19(25-22)13-23-15-4-8-20(26)21(12-15)28-2/h3-8,11-13,22-23,26H,9-10H2,1-2H3/b19-13-,25-22?. The highest BCUT2D eigenvalue weighted by molar-refractivity contribution is 5.82. The summed E-state index contributed by atoms with van der Waals surface area (Å²) in [6.07, 6.45) is 1.58. The normalized spacial score (nSPS) is 11.3. The van der Waals surface area contributed by atoms with E-state index in [2.05, 4.69) is 15.4 Å². The number of fused-ring (bicyclic) bond motifs is 1. The number of pyridine rings is 1. The van der Waals surface area contributed by atoms with Gasteiger partial charge in [0.2, 0.25) is 0 Å². The molecule has 29 heavy (non-hydrogen) atoms. The van der Waals surface area contributed by atoms with Crippen molar-refractivity contribution in [2.45, 2.75) is 0 Å². The number of hydrogen-bond donors (Lipinski definition) is 3. The zero-order chi connectivity index (χ0) is 20.6. The summed E-state index contributed by atoms with van der Waals surface area (Å²) in [6.45, 7) is 1.00. The molecule has 0 spiro atoms. The summed E-state index contributed by atoms with van der Waals surface area (Å²) in [5.74, 6) is 1.14. The molecule has 150 valence electrons. The molecule has 0 radical (unpaired) electrons. The smallest absolute Gasteiger partial charge is 0.162 e. The topological polar surface area (TPSA) is 109 Å². The first kappa shape index (κ1) is 20.1. The van der Waals surface area contributed by atoms with Crippen LogP contribution in [0.4, 0.5) is 5.69 Å². The average molecular weight is 394 g/mol. The van der Waals surface area contributed by atoms with Gasteiger partial charge in [-0.05, 0) is 36.4 Å². The van der Waals surface area contributed by atoms with Crippen molar-refractivity contribution in [2.24, 2.45) is 5.11 Å². The van der Waals surface area contributed by atoms with Crippen LogP contribution in [0.2, 0.25) is 0 Å². The van der Waals surface area contributed by atoms with Gasteiger partial charge in [0.15, 0.2) is 11.5 Å². The second-order valence-electron chi connectivity index (χ2n) is 6.06. The van der Waals surface area contributed by atoms with Gasteiger partial charge in [-0.1, -0.05) is 6.07 Å². The quantitative estimate of drug-likeness (QED) is 0.282. The number of anilines is 1. The van der Waals surface area contributed by atoms with Gasteiger partial charge in [0, 0.05) is 30.4 Å². The molecule has 0 amide bonds. The van der Waals surface area contributed by atoms with Crippen molar-refractivity contribution in [3.05, 3.63) is 60.4 Å². The van der Waals surface area contributed by atoms with Gasteiger partial charge in [-0.15, -0.1) is 0 Å². The van der Waals surface area contributed by atoms with Crippen molar-refractivity contribution >= 4 is 22.3 Å². The van der Waals surface area contributed by atoms with E-state index in [-0.39, 0.29) is 5.75 Å². The van der Waals surface area contributed by atoms with Crippen molar-refractivity contribution in [3.63, 3.8) is 0 Å². The Kier molecular flexibility index (Phi) is 6.59. The van der Waals surface area contributed by atoms with E-state index in [0.717, 1.165) is 16.7 Å². The molecule has 1 aromatic heterocycles. The van der Waals surface area contributed by atoms with Crippen LogP contribution < -0.4 is 14.8 Å². The van der Waals surface area contributed by atoms with Gasteiger partial charge >= 0.3 is 0 Å². The number of hydrogen-bond acceptors (Lipinski definition) is 8.